The molecule has 1 heterocycles. The average molecular weight is 335 g/mol. The summed E-state index contributed by atoms with van der Waals surface area (Å²) < 4.78 is 10.6. The Labute approximate surface area is 142 Å². The molecule has 1 aromatic rings. The van der Waals surface area contributed by atoms with E-state index in [0.717, 1.165) is 5.56 Å². The minimum absolute atomic E-state index is 0.216. The molecule has 0 aromatic heterocycles. The minimum atomic E-state index is -0.537. The Kier molecular flexibility index (Phi) is 6.03. The van der Waals surface area contributed by atoms with Crippen LogP contribution < -0.4 is 5.43 Å². The summed E-state index contributed by atoms with van der Waals surface area (Å²) in [5, 5.41) is 1.40. The van der Waals surface area contributed by atoms with Gasteiger partial charge in [0.05, 0.1) is 6.54 Å². The summed E-state index contributed by atoms with van der Waals surface area (Å²) >= 11 is 0. The van der Waals surface area contributed by atoms with Gasteiger partial charge in [-0.15, -0.1) is 0 Å². The maximum absolute atomic E-state index is 12.1. The first-order valence-corrected chi connectivity index (χ1v) is 8.05. The standard InChI is InChI=1S/C17H25N3O4/c1-17(2,3)24-15(21)19-10-9-18-20(12-11-19)16(22)23-13-14-7-5-4-6-8-14/h4-8,18H,9-13H2,1-3H3. The van der Waals surface area contributed by atoms with E-state index in [9.17, 15) is 9.59 Å². The van der Waals surface area contributed by atoms with Gasteiger partial charge in [-0.2, -0.15) is 0 Å². The topological polar surface area (TPSA) is 71.1 Å². The normalized spacial score (nSPS) is 15.6. The second-order valence-corrected chi connectivity index (χ2v) is 6.57. The van der Waals surface area contributed by atoms with Crippen LogP contribution in [0.25, 0.3) is 0 Å². The highest BCUT2D eigenvalue weighted by Gasteiger charge is 2.26. The molecule has 0 bridgehead atoms. The first-order chi connectivity index (χ1) is 11.3. The van der Waals surface area contributed by atoms with E-state index in [0.29, 0.717) is 26.2 Å². The van der Waals surface area contributed by atoms with E-state index < -0.39 is 11.7 Å². The molecule has 2 amide bonds. The number of hydrazine groups is 1. The summed E-state index contributed by atoms with van der Waals surface area (Å²) in [5.41, 5.74) is 3.36. The van der Waals surface area contributed by atoms with Crippen molar-refractivity contribution in [2.24, 2.45) is 0 Å². The van der Waals surface area contributed by atoms with Crippen LogP contribution in [0.3, 0.4) is 0 Å². The molecule has 0 aliphatic carbocycles. The third-order valence-electron chi connectivity index (χ3n) is 3.36. The van der Waals surface area contributed by atoms with Gasteiger partial charge in [-0.1, -0.05) is 30.3 Å². The molecule has 1 aliphatic heterocycles. The van der Waals surface area contributed by atoms with E-state index in [1.165, 1.54) is 5.01 Å². The Morgan fingerprint density at radius 3 is 2.46 bits per heavy atom. The first kappa shape index (κ1) is 18.1. The third-order valence-corrected chi connectivity index (χ3v) is 3.36. The third kappa shape index (κ3) is 5.73. The van der Waals surface area contributed by atoms with Crippen LogP contribution in [-0.2, 0) is 16.1 Å². The summed E-state index contributed by atoms with van der Waals surface area (Å²) in [6.45, 7) is 7.36. The molecule has 0 atom stereocenters. The van der Waals surface area contributed by atoms with Gasteiger partial charge in [-0.25, -0.2) is 20.0 Å². The zero-order valence-corrected chi connectivity index (χ0v) is 14.4. The maximum atomic E-state index is 12.1. The van der Waals surface area contributed by atoms with Gasteiger partial charge < -0.3 is 14.4 Å². The van der Waals surface area contributed by atoms with Gasteiger partial charge in [0.25, 0.3) is 0 Å². The van der Waals surface area contributed by atoms with Gasteiger partial charge in [-0.05, 0) is 26.3 Å². The van der Waals surface area contributed by atoms with E-state index in [1.54, 1.807) is 4.90 Å². The number of nitrogens with one attached hydrogen (secondary N) is 1. The van der Waals surface area contributed by atoms with Crippen molar-refractivity contribution in [1.82, 2.24) is 15.3 Å². The molecule has 132 valence electrons. The number of amides is 2. The lowest BCUT2D eigenvalue weighted by atomic mass is 10.2. The summed E-state index contributed by atoms with van der Waals surface area (Å²) in [6.07, 6.45) is -0.825. The summed E-state index contributed by atoms with van der Waals surface area (Å²) in [5.74, 6) is 0. The van der Waals surface area contributed by atoms with Crippen LogP contribution in [0.4, 0.5) is 9.59 Å². The van der Waals surface area contributed by atoms with E-state index >= 15 is 0 Å². The molecule has 1 aromatic carbocycles. The SMILES string of the molecule is CC(C)(C)OC(=O)N1CCNN(C(=O)OCc2ccccc2)CC1. The number of carbonyl (C=O) groups excluding carboxylic acids is 2. The number of hydrogen-bond acceptors (Lipinski definition) is 5. The second kappa shape index (κ2) is 8.01. The highest BCUT2D eigenvalue weighted by atomic mass is 16.6. The van der Waals surface area contributed by atoms with E-state index in [2.05, 4.69) is 5.43 Å². The molecular formula is C17H25N3O4. The number of benzene rings is 1. The molecule has 0 radical (unpaired) electrons. The molecule has 1 N–H and O–H groups in total. The van der Waals surface area contributed by atoms with E-state index in [-0.39, 0.29) is 12.7 Å². The fourth-order valence-electron chi connectivity index (χ4n) is 2.19. The molecule has 1 saturated heterocycles. The Hall–Kier alpha value is -2.28. The lowest BCUT2D eigenvalue weighted by molar-refractivity contribution is 0.0258. The molecule has 24 heavy (non-hydrogen) atoms. The van der Waals surface area contributed by atoms with Crippen LogP contribution in [0.2, 0.25) is 0 Å². The number of hydrogen-bond donors (Lipinski definition) is 1. The largest absolute Gasteiger partial charge is 0.444 e. The summed E-state index contributed by atoms with van der Waals surface area (Å²) in [4.78, 5) is 25.8. The second-order valence-electron chi connectivity index (χ2n) is 6.57. The van der Waals surface area contributed by atoms with Crippen molar-refractivity contribution >= 4 is 12.2 Å². The van der Waals surface area contributed by atoms with E-state index in [1.807, 2.05) is 51.1 Å². The Bertz CT molecular complexity index is 557. The predicted octanol–water partition coefficient (Wildman–Crippen LogP) is 2.38. The molecule has 1 fully saturated rings. The molecule has 1 aliphatic rings. The van der Waals surface area contributed by atoms with Gasteiger partial charge in [-0.3, -0.25) is 0 Å². The van der Waals surface area contributed by atoms with Gasteiger partial charge in [0, 0.05) is 19.6 Å². The lowest BCUT2D eigenvalue weighted by Crippen LogP contribution is -2.44. The van der Waals surface area contributed by atoms with Gasteiger partial charge >= 0.3 is 12.2 Å². The van der Waals surface area contributed by atoms with Crippen LogP contribution in [0.15, 0.2) is 30.3 Å². The lowest BCUT2D eigenvalue weighted by Gasteiger charge is -2.26. The molecule has 0 saturated carbocycles. The Morgan fingerprint density at radius 2 is 1.79 bits per heavy atom. The minimum Gasteiger partial charge on any atom is -0.444 e. The van der Waals surface area contributed by atoms with Crippen molar-refractivity contribution in [3.8, 4) is 0 Å². The van der Waals surface area contributed by atoms with Gasteiger partial charge in [0.1, 0.15) is 12.2 Å². The quantitative estimate of drug-likeness (QED) is 0.898. The average Bonchev–Trinajstić information content (AvgIpc) is 2.78. The maximum Gasteiger partial charge on any atom is 0.424 e. The molecule has 0 spiro atoms. The zero-order chi connectivity index (χ0) is 17.6. The number of nitrogens with zero attached hydrogens (tertiary/aromatic N) is 2. The monoisotopic (exact) mass is 335 g/mol. The van der Waals surface area contributed by atoms with Crippen LogP contribution in [-0.4, -0.2) is 53.9 Å². The summed E-state index contributed by atoms with van der Waals surface area (Å²) in [7, 11) is 0. The first-order valence-electron chi connectivity index (χ1n) is 8.05. The zero-order valence-electron chi connectivity index (χ0n) is 14.4. The van der Waals surface area contributed by atoms with Gasteiger partial charge in [0.15, 0.2) is 0 Å². The fourth-order valence-corrected chi connectivity index (χ4v) is 2.19. The van der Waals surface area contributed by atoms with Crippen LogP contribution in [0.5, 0.6) is 0 Å². The molecule has 0 unspecified atom stereocenters. The molecular weight excluding hydrogens is 310 g/mol. The predicted molar refractivity (Wildman–Crippen MR) is 89.1 cm³/mol. The molecule has 7 heteroatoms. The Morgan fingerprint density at radius 1 is 1.08 bits per heavy atom. The van der Waals surface area contributed by atoms with Crippen molar-refractivity contribution in [1.29, 1.82) is 0 Å². The molecule has 2 rings (SSSR count). The Balaban J connectivity index is 1.81. The molecule has 7 nitrogen and oxygen atoms in total. The fraction of sp³-hybridized carbons (Fsp3) is 0.529. The number of carbonyl (C=O) groups is 2. The van der Waals surface area contributed by atoms with Gasteiger partial charge in [0.2, 0.25) is 0 Å². The highest BCUT2D eigenvalue weighted by molar-refractivity contribution is 5.69. The number of ether oxygens (including phenoxy) is 2. The van der Waals surface area contributed by atoms with Crippen molar-refractivity contribution in [2.45, 2.75) is 33.0 Å². The highest BCUT2D eigenvalue weighted by Crippen LogP contribution is 2.11. The van der Waals surface area contributed by atoms with E-state index in [4.69, 9.17) is 9.47 Å². The smallest absolute Gasteiger partial charge is 0.424 e. The van der Waals surface area contributed by atoms with Crippen molar-refractivity contribution < 1.29 is 19.1 Å². The van der Waals surface area contributed by atoms with Crippen molar-refractivity contribution in [3.05, 3.63) is 35.9 Å². The van der Waals surface area contributed by atoms with Crippen molar-refractivity contribution in [2.75, 3.05) is 26.2 Å². The van der Waals surface area contributed by atoms with Crippen molar-refractivity contribution in [3.63, 3.8) is 0 Å². The number of rotatable bonds is 2. The summed E-state index contributed by atoms with van der Waals surface area (Å²) in [6, 6.07) is 9.49. The van der Waals surface area contributed by atoms with Crippen LogP contribution in [0, 0.1) is 0 Å². The van der Waals surface area contributed by atoms with Crippen LogP contribution in [0.1, 0.15) is 26.3 Å². The van der Waals surface area contributed by atoms with Crippen LogP contribution >= 0.6 is 0 Å².